The monoisotopic (exact) mass is 358 g/mol. The molecule has 0 saturated heterocycles. The highest BCUT2D eigenvalue weighted by Crippen LogP contribution is 2.12. The van der Waals surface area contributed by atoms with Gasteiger partial charge in [0, 0.05) is 12.6 Å². The molecule has 0 aromatic carbocycles. The molecular formula is C14H19BrN2O4. The van der Waals surface area contributed by atoms with Gasteiger partial charge in [-0.2, -0.15) is 0 Å². The number of alkyl carbamates (subject to hydrolysis) is 1. The summed E-state index contributed by atoms with van der Waals surface area (Å²) in [4.78, 5) is 27.6. The van der Waals surface area contributed by atoms with Gasteiger partial charge in [0.05, 0.1) is 7.11 Å². The Bertz CT molecular complexity index is 514. The first kappa shape index (κ1) is 17.4. The van der Waals surface area contributed by atoms with E-state index in [9.17, 15) is 9.59 Å². The van der Waals surface area contributed by atoms with Crippen molar-refractivity contribution in [2.75, 3.05) is 7.11 Å². The van der Waals surface area contributed by atoms with Crippen molar-refractivity contribution in [2.45, 2.75) is 38.8 Å². The van der Waals surface area contributed by atoms with E-state index in [1.807, 2.05) is 0 Å². The number of ether oxygens (including phenoxy) is 2. The van der Waals surface area contributed by atoms with Crippen LogP contribution < -0.4 is 5.32 Å². The number of carbonyl (C=O) groups is 2. The number of methoxy groups -OCH3 is 1. The summed E-state index contributed by atoms with van der Waals surface area (Å²) in [6.07, 6.45) is 1.24. The normalized spacial score (nSPS) is 12.4. The Balaban J connectivity index is 2.77. The van der Waals surface area contributed by atoms with E-state index in [0.29, 0.717) is 4.60 Å². The third-order valence-electron chi connectivity index (χ3n) is 2.41. The molecule has 21 heavy (non-hydrogen) atoms. The smallest absolute Gasteiger partial charge is 0.408 e. The fraction of sp³-hybridized carbons (Fsp3) is 0.500. The maximum atomic E-state index is 11.8. The second kappa shape index (κ2) is 7.40. The number of amides is 1. The van der Waals surface area contributed by atoms with Crippen molar-refractivity contribution in [1.29, 1.82) is 0 Å². The SMILES string of the molecule is COC(=O)[C@@H](Cc1ccnc(Br)c1)NC(=O)OC(C)(C)C. The molecular weight excluding hydrogens is 340 g/mol. The fourth-order valence-electron chi connectivity index (χ4n) is 1.59. The molecule has 7 heteroatoms. The van der Waals surface area contributed by atoms with Gasteiger partial charge in [-0.1, -0.05) is 0 Å². The molecule has 1 atom stereocenters. The third kappa shape index (κ3) is 6.57. The second-order valence-corrected chi connectivity index (χ2v) is 6.23. The molecule has 0 unspecified atom stereocenters. The first-order valence-electron chi connectivity index (χ1n) is 6.39. The topological polar surface area (TPSA) is 77.5 Å². The zero-order chi connectivity index (χ0) is 16.0. The highest BCUT2D eigenvalue weighted by molar-refractivity contribution is 9.10. The summed E-state index contributed by atoms with van der Waals surface area (Å²) >= 11 is 3.26. The van der Waals surface area contributed by atoms with Crippen LogP contribution in [-0.2, 0) is 20.7 Å². The number of rotatable bonds is 4. The van der Waals surface area contributed by atoms with Crippen LogP contribution in [-0.4, -0.2) is 35.8 Å². The highest BCUT2D eigenvalue weighted by atomic mass is 79.9. The van der Waals surface area contributed by atoms with Gasteiger partial charge in [-0.15, -0.1) is 0 Å². The molecule has 0 aliphatic heterocycles. The Kier molecular flexibility index (Phi) is 6.14. The standard InChI is InChI=1S/C14H19BrN2O4/c1-14(2,3)21-13(19)17-10(12(18)20-4)7-9-5-6-16-11(15)8-9/h5-6,8,10H,7H2,1-4H3,(H,17,19)/t10-/m1/s1. The largest absolute Gasteiger partial charge is 0.467 e. The molecule has 0 radical (unpaired) electrons. The van der Waals surface area contributed by atoms with Crippen LogP contribution in [0.5, 0.6) is 0 Å². The Labute approximate surface area is 132 Å². The number of hydrogen-bond donors (Lipinski definition) is 1. The van der Waals surface area contributed by atoms with E-state index in [-0.39, 0.29) is 6.42 Å². The molecule has 1 amide bonds. The number of carbonyl (C=O) groups excluding carboxylic acids is 2. The molecule has 0 saturated carbocycles. The molecule has 0 fully saturated rings. The first-order valence-corrected chi connectivity index (χ1v) is 7.18. The van der Waals surface area contributed by atoms with Gasteiger partial charge in [0.2, 0.25) is 0 Å². The van der Waals surface area contributed by atoms with Gasteiger partial charge in [0.25, 0.3) is 0 Å². The lowest BCUT2D eigenvalue weighted by atomic mass is 10.1. The summed E-state index contributed by atoms with van der Waals surface area (Å²) in [7, 11) is 1.27. The lowest BCUT2D eigenvalue weighted by Crippen LogP contribution is -2.45. The van der Waals surface area contributed by atoms with Gasteiger partial charge in [0.15, 0.2) is 0 Å². The van der Waals surface area contributed by atoms with E-state index in [0.717, 1.165) is 5.56 Å². The highest BCUT2D eigenvalue weighted by Gasteiger charge is 2.25. The van der Waals surface area contributed by atoms with Crippen molar-refractivity contribution in [3.8, 4) is 0 Å². The number of pyridine rings is 1. The maximum absolute atomic E-state index is 11.8. The fourth-order valence-corrected chi connectivity index (χ4v) is 2.00. The molecule has 1 aromatic rings. The molecule has 116 valence electrons. The quantitative estimate of drug-likeness (QED) is 0.660. The molecule has 1 rings (SSSR count). The zero-order valence-electron chi connectivity index (χ0n) is 12.5. The lowest BCUT2D eigenvalue weighted by molar-refractivity contribution is -0.143. The van der Waals surface area contributed by atoms with Gasteiger partial charge in [-0.05, 0) is 54.4 Å². The van der Waals surface area contributed by atoms with Crippen LogP contribution in [0, 0.1) is 0 Å². The van der Waals surface area contributed by atoms with Crippen molar-refractivity contribution in [2.24, 2.45) is 0 Å². The lowest BCUT2D eigenvalue weighted by Gasteiger charge is -2.22. The van der Waals surface area contributed by atoms with Gasteiger partial charge in [-0.3, -0.25) is 0 Å². The number of nitrogens with one attached hydrogen (secondary N) is 1. The van der Waals surface area contributed by atoms with E-state index in [1.165, 1.54) is 7.11 Å². The average molecular weight is 359 g/mol. The van der Waals surface area contributed by atoms with E-state index in [1.54, 1.807) is 39.1 Å². The Hall–Kier alpha value is -1.63. The van der Waals surface area contributed by atoms with Crippen molar-refractivity contribution in [3.63, 3.8) is 0 Å². The zero-order valence-corrected chi connectivity index (χ0v) is 14.1. The van der Waals surface area contributed by atoms with Gasteiger partial charge in [-0.25, -0.2) is 14.6 Å². The third-order valence-corrected chi connectivity index (χ3v) is 2.84. The van der Waals surface area contributed by atoms with Gasteiger partial charge >= 0.3 is 12.1 Å². The molecule has 0 spiro atoms. The minimum Gasteiger partial charge on any atom is -0.467 e. The van der Waals surface area contributed by atoms with Crippen LogP contribution in [0.25, 0.3) is 0 Å². The number of aromatic nitrogens is 1. The number of nitrogens with zero attached hydrogens (tertiary/aromatic N) is 1. The predicted octanol–water partition coefficient (Wildman–Crippen LogP) is 2.45. The van der Waals surface area contributed by atoms with E-state index in [2.05, 4.69) is 26.2 Å². The van der Waals surface area contributed by atoms with Crippen LogP contribution in [0.15, 0.2) is 22.9 Å². The Morgan fingerprint density at radius 3 is 2.62 bits per heavy atom. The van der Waals surface area contributed by atoms with Crippen molar-refractivity contribution in [1.82, 2.24) is 10.3 Å². The summed E-state index contributed by atoms with van der Waals surface area (Å²) in [5.41, 5.74) is 0.202. The molecule has 0 bridgehead atoms. The first-order chi connectivity index (χ1) is 9.71. The molecule has 1 aromatic heterocycles. The summed E-state index contributed by atoms with van der Waals surface area (Å²) in [5.74, 6) is -0.534. The van der Waals surface area contributed by atoms with Gasteiger partial charge < -0.3 is 14.8 Å². The Morgan fingerprint density at radius 2 is 2.10 bits per heavy atom. The minimum absolute atomic E-state index is 0.285. The summed E-state index contributed by atoms with van der Waals surface area (Å²) in [6, 6.07) is 2.71. The van der Waals surface area contributed by atoms with E-state index >= 15 is 0 Å². The van der Waals surface area contributed by atoms with Crippen LogP contribution in [0.3, 0.4) is 0 Å². The second-order valence-electron chi connectivity index (χ2n) is 5.41. The Morgan fingerprint density at radius 1 is 1.43 bits per heavy atom. The molecule has 1 N–H and O–H groups in total. The summed E-state index contributed by atoms with van der Waals surface area (Å²) in [6.45, 7) is 5.25. The molecule has 0 aliphatic rings. The number of hydrogen-bond acceptors (Lipinski definition) is 5. The van der Waals surface area contributed by atoms with Crippen LogP contribution in [0.1, 0.15) is 26.3 Å². The van der Waals surface area contributed by atoms with E-state index < -0.39 is 23.7 Å². The number of esters is 1. The summed E-state index contributed by atoms with van der Waals surface area (Å²) in [5, 5.41) is 2.52. The van der Waals surface area contributed by atoms with Crippen LogP contribution in [0.4, 0.5) is 4.79 Å². The van der Waals surface area contributed by atoms with E-state index in [4.69, 9.17) is 9.47 Å². The molecule has 6 nitrogen and oxygen atoms in total. The van der Waals surface area contributed by atoms with Gasteiger partial charge in [0.1, 0.15) is 16.2 Å². The van der Waals surface area contributed by atoms with Crippen molar-refractivity contribution >= 4 is 28.0 Å². The molecule has 1 heterocycles. The van der Waals surface area contributed by atoms with Crippen LogP contribution in [0.2, 0.25) is 0 Å². The van der Waals surface area contributed by atoms with Crippen molar-refractivity contribution in [3.05, 3.63) is 28.5 Å². The maximum Gasteiger partial charge on any atom is 0.408 e. The average Bonchev–Trinajstić information content (AvgIpc) is 2.34. The predicted molar refractivity (Wildman–Crippen MR) is 80.8 cm³/mol. The van der Waals surface area contributed by atoms with Crippen molar-refractivity contribution < 1.29 is 19.1 Å². The molecule has 0 aliphatic carbocycles. The summed E-state index contributed by atoms with van der Waals surface area (Å²) < 4.78 is 10.5. The number of halogens is 1. The van der Waals surface area contributed by atoms with Crippen LogP contribution >= 0.6 is 15.9 Å². The minimum atomic E-state index is -0.820.